The first-order chi connectivity index (χ1) is 6.76. The third-order valence-corrected chi connectivity index (χ3v) is 4.91. The van der Waals surface area contributed by atoms with Crippen LogP contribution in [0.5, 0.6) is 0 Å². The van der Waals surface area contributed by atoms with Gasteiger partial charge in [0.25, 0.3) is 0 Å². The second-order valence-electron chi connectivity index (χ2n) is 5.56. The maximum Gasteiger partial charge on any atom is 0.103 e. The maximum absolute atomic E-state index is 10.5. The molecule has 0 aromatic carbocycles. The van der Waals surface area contributed by atoms with Crippen molar-refractivity contribution in [2.75, 3.05) is 0 Å². The van der Waals surface area contributed by atoms with E-state index < -0.39 is 23.1 Å². The van der Waals surface area contributed by atoms with Crippen molar-refractivity contribution in [3.05, 3.63) is 0 Å². The van der Waals surface area contributed by atoms with Crippen LogP contribution in [0.25, 0.3) is 0 Å². The van der Waals surface area contributed by atoms with E-state index in [9.17, 15) is 13.9 Å². The van der Waals surface area contributed by atoms with Crippen LogP contribution in [0.1, 0.15) is 33.6 Å². The van der Waals surface area contributed by atoms with Crippen LogP contribution in [0.4, 0.5) is 0 Å². The van der Waals surface area contributed by atoms with Gasteiger partial charge in [0.05, 0.1) is 17.0 Å². The SMILES string of the molecule is CC1(C)C2CC(OS(=O)[O-])C(C)(O)C1C2. The molecule has 0 aromatic rings. The smallest absolute Gasteiger partial charge is 0.103 e. The molecule has 3 saturated carbocycles. The van der Waals surface area contributed by atoms with Crippen molar-refractivity contribution in [3.63, 3.8) is 0 Å². The van der Waals surface area contributed by atoms with Crippen LogP contribution in [0.3, 0.4) is 0 Å². The van der Waals surface area contributed by atoms with Gasteiger partial charge in [0.2, 0.25) is 0 Å². The highest BCUT2D eigenvalue weighted by atomic mass is 32.2. The van der Waals surface area contributed by atoms with Gasteiger partial charge in [-0.2, -0.15) is 0 Å². The summed E-state index contributed by atoms with van der Waals surface area (Å²) in [6.45, 7) is 5.95. The lowest BCUT2D eigenvalue weighted by molar-refractivity contribution is -0.237. The topological polar surface area (TPSA) is 69.6 Å². The van der Waals surface area contributed by atoms with Gasteiger partial charge in [0, 0.05) is 0 Å². The van der Waals surface area contributed by atoms with Crippen molar-refractivity contribution in [2.24, 2.45) is 17.3 Å². The van der Waals surface area contributed by atoms with Crippen molar-refractivity contribution in [3.8, 4) is 0 Å². The first-order valence-corrected chi connectivity index (χ1v) is 6.25. The van der Waals surface area contributed by atoms with Crippen molar-refractivity contribution >= 4 is 11.4 Å². The van der Waals surface area contributed by atoms with Crippen LogP contribution >= 0.6 is 0 Å². The molecule has 3 aliphatic rings. The Morgan fingerprint density at radius 2 is 2.00 bits per heavy atom. The van der Waals surface area contributed by atoms with E-state index in [1.807, 2.05) is 0 Å². The minimum absolute atomic E-state index is 0.105. The van der Waals surface area contributed by atoms with Crippen molar-refractivity contribution in [1.82, 2.24) is 0 Å². The van der Waals surface area contributed by atoms with E-state index >= 15 is 0 Å². The number of rotatable bonds is 2. The summed E-state index contributed by atoms with van der Waals surface area (Å²) in [5.74, 6) is 0.605. The molecule has 0 saturated heterocycles. The number of fused-ring (bicyclic) bond motifs is 2. The quantitative estimate of drug-likeness (QED) is 0.722. The highest BCUT2D eigenvalue weighted by Crippen LogP contribution is 2.63. The molecule has 0 heterocycles. The molecule has 1 N–H and O–H groups in total. The average molecular weight is 233 g/mol. The minimum Gasteiger partial charge on any atom is -0.750 e. The van der Waals surface area contributed by atoms with Crippen LogP contribution in [0, 0.1) is 17.3 Å². The van der Waals surface area contributed by atoms with Gasteiger partial charge in [-0.25, -0.2) is 4.21 Å². The third kappa shape index (κ3) is 1.56. The Kier molecular flexibility index (Phi) is 2.50. The summed E-state index contributed by atoms with van der Waals surface area (Å²) in [6.07, 6.45) is 1.03. The van der Waals surface area contributed by atoms with Gasteiger partial charge in [0.15, 0.2) is 0 Å². The molecule has 2 bridgehead atoms. The molecule has 0 amide bonds. The lowest BCUT2D eigenvalue weighted by Crippen LogP contribution is -2.67. The predicted octanol–water partition coefficient (Wildman–Crippen LogP) is 0.983. The van der Waals surface area contributed by atoms with Gasteiger partial charge >= 0.3 is 0 Å². The standard InChI is InChI=1S/C10H18O4S/c1-9(2)6-4-7(9)10(3,11)8(5-6)14-15(12)13/h6-8,11H,4-5H2,1-3H3,(H,12,13)/p-1. The van der Waals surface area contributed by atoms with Gasteiger partial charge in [-0.05, 0) is 37.0 Å². The molecule has 4 nitrogen and oxygen atoms in total. The Bertz CT molecular complexity index is 300. The summed E-state index contributed by atoms with van der Waals surface area (Å²) in [7, 11) is 0. The zero-order valence-electron chi connectivity index (χ0n) is 9.23. The molecule has 3 rings (SSSR count). The molecule has 5 atom stereocenters. The molecule has 3 fully saturated rings. The molecule has 0 aliphatic heterocycles. The summed E-state index contributed by atoms with van der Waals surface area (Å²) < 4.78 is 25.8. The molecular weight excluding hydrogens is 216 g/mol. The normalized spacial score (nSPS) is 49.5. The van der Waals surface area contributed by atoms with Gasteiger partial charge in [-0.1, -0.05) is 13.8 Å². The Labute approximate surface area is 92.5 Å². The van der Waals surface area contributed by atoms with E-state index in [-0.39, 0.29) is 11.3 Å². The molecule has 5 heteroatoms. The van der Waals surface area contributed by atoms with E-state index in [4.69, 9.17) is 4.18 Å². The van der Waals surface area contributed by atoms with Gasteiger partial charge in [-0.3, -0.25) is 4.18 Å². The second kappa shape index (κ2) is 3.26. The third-order valence-electron chi connectivity index (χ3n) is 4.52. The van der Waals surface area contributed by atoms with Crippen molar-refractivity contribution in [1.29, 1.82) is 0 Å². The first-order valence-electron chi connectivity index (χ1n) is 5.25. The molecule has 0 spiro atoms. The Morgan fingerprint density at radius 1 is 1.40 bits per heavy atom. The summed E-state index contributed by atoms with van der Waals surface area (Å²) in [5, 5.41) is 10.3. The Balaban J connectivity index is 2.17. The molecule has 15 heavy (non-hydrogen) atoms. The van der Waals surface area contributed by atoms with Gasteiger partial charge in [-0.15, -0.1) is 0 Å². The Hall–Kier alpha value is 0.0300. The predicted molar refractivity (Wildman–Crippen MR) is 54.4 cm³/mol. The molecule has 3 aliphatic carbocycles. The van der Waals surface area contributed by atoms with E-state index in [0.717, 1.165) is 6.42 Å². The van der Waals surface area contributed by atoms with Crippen LogP contribution in [0.2, 0.25) is 0 Å². The van der Waals surface area contributed by atoms with Crippen molar-refractivity contribution < 1.29 is 18.1 Å². The first kappa shape index (κ1) is 11.5. The minimum atomic E-state index is -2.54. The highest BCUT2D eigenvalue weighted by Gasteiger charge is 2.63. The number of hydrogen-bond donors (Lipinski definition) is 1. The fraction of sp³-hybridized carbons (Fsp3) is 1.00. The summed E-state index contributed by atoms with van der Waals surface area (Å²) in [5.41, 5.74) is -0.925. The molecular formula is C10H17O4S-. The molecule has 5 unspecified atom stereocenters. The average Bonchev–Trinajstić information content (AvgIpc) is 2.06. The van der Waals surface area contributed by atoms with Crippen LogP contribution < -0.4 is 0 Å². The lowest BCUT2D eigenvalue weighted by Gasteiger charge is -2.64. The molecule has 0 aromatic heterocycles. The molecule has 0 radical (unpaired) electrons. The number of hydrogen-bond acceptors (Lipinski definition) is 4. The van der Waals surface area contributed by atoms with Crippen LogP contribution in [0.15, 0.2) is 0 Å². The highest BCUT2D eigenvalue weighted by molar-refractivity contribution is 7.74. The monoisotopic (exact) mass is 233 g/mol. The summed E-state index contributed by atoms with van der Waals surface area (Å²) >= 11 is -2.54. The van der Waals surface area contributed by atoms with E-state index in [1.54, 1.807) is 6.92 Å². The number of aliphatic hydroxyl groups is 1. The Morgan fingerprint density at radius 3 is 2.40 bits per heavy atom. The summed E-state index contributed by atoms with van der Waals surface area (Å²) in [4.78, 5) is 0. The van der Waals surface area contributed by atoms with E-state index in [1.165, 1.54) is 0 Å². The van der Waals surface area contributed by atoms with Crippen molar-refractivity contribution in [2.45, 2.75) is 45.3 Å². The van der Waals surface area contributed by atoms with Crippen LogP contribution in [-0.4, -0.2) is 25.6 Å². The van der Waals surface area contributed by atoms with E-state index in [0.29, 0.717) is 12.3 Å². The largest absolute Gasteiger partial charge is 0.750 e. The lowest BCUT2D eigenvalue weighted by atomic mass is 9.43. The molecule has 88 valence electrons. The van der Waals surface area contributed by atoms with Gasteiger partial charge < -0.3 is 9.66 Å². The fourth-order valence-electron chi connectivity index (χ4n) is 3.36. The zero-order chi connectivity index (χ0) is 11.4. The summed E-state index contributed by atoms with van der Waals surface area (Å²) in [6, 6.07) is 0. The maximum atomic E-state index is 10.5. The van der Waals surface area contributed by atoms with E-state index in [2.05, 4.69) is 13.8 Å². The van der Waals surface area contributed by atoms with Gasteiger partial charge in [0.1, 0.15) is 6.10 Å². The zero-order valence-corrected chi connectivity index (χ0v) is 10.0. The van der Waals surface area contributed by atoms with Crippen LogP contribution in [-0.2, 0) is 15.5 Å². The second-order valence-corrected chi connectivity index (χ2v) is 6.16. The fourth-order valence-corrected chi connectivity index (χ4v) is 3.82.